The summed E-state index contributed by atoms with van der Waals surface area (Å²) in [7, 11) is 1.60. The first kappa shape index (κ1) is 20.6. The van der Waals surface area contributed by atoms with E-state index in [9.17, 15) is 14.7 Å². The van der Waals surface area contributed by atoms with Crippen molar-refractivity contribution in [1.29, 1.82) is 0 Å². The van der Waals surface area contributed by atoms with Crippen molar-refractivity contribution in [3.05, 3.63) is 29.8 Å². The number of carbonyl (C=O) groups is 2. The molecule has 3 rings (SSSR count). The lowest BCUT2D eigenvalue weighted by Crippen LogP contribution is -2.42. The molecular formula is C21H30N2O5. The Bertz CT molecular complexity index is 655. The largest absolute Gasteiger partial charge is 0.490 e. The second kappa shape index (κ2) is 9.89. The Morgan fingerprint density at radius 2 is 1.79 bits per heavy atom. The molecule has 0 radical (unpaired) electrons. The standard InChI is InChI=1S/C21H30N2O5/c1-27-14-10-20(25)22-12-8-19(9-13-22)28-18-6-4-16(5-7-18)21(26)23-11-2-3-17(24)15-23/h4-7,17,19,24H,2-3,8-15H2,1H3. The molecule has 2 saturated heterocycles. The van der Waals surface area contributed by atoms with Crippen molar-refractivity contribution in [2.45, 2.75) is 44.3 Å². The Morgan fingerprint density at radius 1 is 1.07 bits per heavy atom. The van der Waals surface area contributed by atoms with Crippen LogP contribution in [0.5, 0.6) is 5.75 Å². The monoisotopic (exact) mass is 390 g/mol. The number of methoxy groups -OCH3 is 1. The number of piperidine rings is 2. The predicted molar refractivity (Wildman–Crippen MR) is 104 cm³/mol. The minimum absolute atomic E-state index is 0.0480. The average molecular weight is 390 g/mol. The molecule has 1 N–H and O–H groups in total. The quantitative estimate of drug-likeness (QED) is 0.800. The molecule has 2 amide bonds. The van der Waals surface area contributed by atoms with Gasteiger partial charge in [0.15, 0.2) is 0 Å². The van der Waals surface area contributed by atoms with Crippen LogP contribution in [-0.2, 0) is 9.53 Å². The Labute approximate surface area is 166 Å². The van der Waals surface area contributed by atoms with Crippen LogP contribution in [0.15, 0.2) is 24.3 Å². The summed E-state index contributed by atoms with van der Waals surface area (Å²) < 4.78 is 11.0. The lowest BCUT2D eigenvalue weighted by atomic mass is 10.1. The number of likely N-dealkylation sites (tertiary alicyclic amines) is 2. The average Bonchev–Trinajstić information content (AvgIpc) is 2.72. The van der Waals surface area contributed by atoms with Gasteiger partial charge in [-0.25, -0.2) is 0 Å². The highest BCUT2D eigenvalue weighted by molar-refractivity contribution is 5.94. The third-order valence-electron chi connectivity index (χ3n) is 5.40. The number of amides is 2. The molecule has 0 saturated carbocycles. The normalized spacial score (nSPS) is 20.9. The number of benzene rings is 1. The summed E-state index contributed by atoms with van der Waals surface area (Å²) in [5.41, 5.74) is 0.611. The summed E-state index contributed by atoms with van der Waals surface area (Å²) >= 11 is 0. The van der Waals surface area contributed by atoms with Gasteiger partial charge in [0, 0.05) is 51.7 Å². The van der Waals surface area contributed by atoms with Gasteiger partial charge in [0.05, 0.1) is 19.1 Å². The minimum atomic E-state index is -0.424. The molecule has 154 valence electrons. The first-order chi connectivity index (χ1) is 13.6. The zero-order chi connectivity index (χ0) is 19.9. The van der Waals surface area contributed by atoms with Gasteiger partial charge < -0.3 is 24.4 Å². The summed E-state index contributed by atoms with van der Waals surface area (Å²) in [5.74, 6) is 0.818. The molecule has 7 heteroatoms. The fraction of sp³-hybridized carbons (Fsp3) is 0.619. The molecule has 7 nitrogen and oxygen atoms in total. The van der Waals surface area contributed by atoms with E-state index in [-0.39, 0.29) is 17.9 Å². The number of rotatable bonds is 6. The van der Waals surface area contributed by atoms with Crippen LogP contribution in [0.25, 0.3) is 0 Å². The molecule has 0 spiro atoms. The topological polar surface area (TPSA) is 79.3 Å². The molecular weight excluding hydrogens is 360 g/mol. The third kappa shape index (κ3) is 5.45. The summed E-state index contributed by atoms with van der Waals surface area (Å²) in [5, 5.41) is 9.75. The number of ether oxygens (including phenoxy) is 2. The van der Waals surface area contributed by atoms with Crippen LogP contribution in [-0.4, -0.2) is 78.8 Å². The first-order valence-electron chi connectivity index (χ1n) is 10.1. The zero-order valence-electron chi connectivity index (χ0n) is 16.5. The Hall–Kier alpha value is -2.12. The van der Waals surface area contributed by atoms with Crippen molar-refractivity contribution < 1.29 is 24.2 Å². The van der Waals surface area contributed by atoms with Crippen LogP contribution in [0.4, 0.5) is 0 Å². The molecule has 1 unspecified atom stereocenters. The van der Waals surface area contributed by atoms with Gasteiger partial charge in [-0.15, -0.1) is 0 Å². The molecule has 28 heavy (non-hydrogen) atoms. The summed E-state index contributed by atoms with van der Waals surface area (Å²) in [6.07, 6.45) is 3.26. The van der Waals surface area contributed by atoms with Crippen molar-refractivity contribution in [3.63, 3.8) is 0 Å². The first-order valence-corrected chi connectivity index (χ1v) is 10.1. The van der Waals surface area contributed by atoms with Gasteiger partial charge in [0.25, 0.3) is 5.91 Å². The number of hydrogen-bond acceptors (Lipinski definition) is 5. The van der Waals surface area contributed by atoms with Crippen molar-refractivity contribution >= 4 is 11.8 Å². The van der Waals surface area contributed by atoms with E-state index in [1.165, 1.54) is 0 Å². The fourth-order valence-corrected chi connectivity index (χ4v) is 3.76. The van der Waals surface area contributed by atoms with Gasteiger partial charge in [0.2, 0.25) is 5.91 Å². The predicted octanol–water partition coefficient (Wildman–Crippen LogP) is 1.69. The van der Waals surface area contributed by atoms with E-state index in [1.54, 1.807) is 24.1 Å². The fourth-order valence-electron chi connectivity index (χ4n) is 3.76. The second-order valence-electron chi connectivity index (χ2n) is 7.51. The summed E-state index contributed by atoms with van der Waals surface area (Å²) in [4.78, 5) is 28.2. The van der Waals surface area contributed by atoms with Crippen LogP contribution in [0.1, 0.15) is 42.5 Å². The highest BCUT2D eigenvalue weighted by Crippen LogP contribution is 2.21. The van der Waals surface area contributed by atoms with Crippen molar-refractivity contribution in [2.75, 3.05) is 39.9 Å². The van der Waals surface area contributed by atoms with Gasteiger partial charge in [-0.05, 0) is 37.1 Å². The van der Waals surface area contributed by atoms with E-state index < -0.39 is 6.10 Å². The van der Waals surface area contributed by atoms with E-state index in [0.717, 1.165) is 31.4 Å². The van der Waals surface area contributed by atoms with E-state index in [2.05, 4.69) is 0 Å². The van der Waals surface area contributed by atoms with Gasteiger partial charge in [-0.3, -0.25) is 9.59 Å². The number of β-amino-alcohol motifs (C(OH)–C–C–N with tert-alkyl or cyclic N) is 1. The van der Waals surface area contributed by atoms with Crippen molar-refractivity contribution in [3.8, 4) is 5.75 Å². The minimum Gasteiger partial charge on any atom is -0.490 e. The molecule has 0 bridgehead atoms. The summed E-state index contributed by atoms with van der Waals surface area (Å²) in [6.45, 7) is 2.94. The maximum Gasteiger partial charge on any atom is 0.253 e. The second-order valence-corrected chi connectivity index (χ2v) is 7.51. The van der Waals surface area contributed by atoms with Gasteiger partial charge >= 0.3 is 0 Å². The van der Waals surface area contributed by atoms with E-state index >= 15 is 0 Å². The smallest absolute Gasteiger partial charge is 0.253 e. The Morgan fingerprint density at radius 3 is 2.43 bits per heavy atom. The Balaban J connectivity index is 1.47. The maximum atomic E-state index is 12.5. The number of aliphatic hydroxyl groups excluding tert-OH is 1. The van der Waals surface area contributed by atoms with Gasteiger partial charge in [-0.2, -0.15) is 0 Å². The molecule has 2 aliphatic rings. The lowest BCUT2D eigenvalue weighted by molar-refractivity contribution is -0.133. The van der Waals surface area contributed by atoms with E-state index in [0.29, 0.717) is 44.8 Å². The zero-order valence-corrected chi connectivity index (χ0v) is 16.5. The SMILES string of the molecule is COCCC(=O)N1CCC(Oc2ccc(C(=O)N3CCCC(O)C3)cc2)CC1. The molecule has 1 atom stereocenters. The van der Waals surface area contributed by atoms with Crippen LogP contribution >= 0.6 is 0 Å². The van der Waals surface area contributed by atoms with Crippen molar-refractivity contribution in [2.24, 2.45) is 0 Å². The highest BCUT2D eigenvalue weighted by atomic mass is 16.5. The molecule has 0 aliphatic carbocycles. The lowest BCUT2D eigenvalue weighted by Gasteiger charge is -2.32. The molecule has 0 aromatic heterocycles. The van der Waals surface area contributed by atoms with E-state index in [1.807, 2.05) is 17.0 Å². The molecule has 1 aromatic rings. The molecule has 2 aliphatic heterocycles. The van der Waals surface area contributed by atoms with Gasteiger partial charge in [-0.1, -0.05) is 0 Å². The molecule has 1 aromatic carbocycles. The van der Waals surface area contributed by atoms with Crippen molar-refractivity contribution in [1.82, 2.24) is 9.80 Å². The van der Waals surface area contributed by atoms with Crippen LogP contribution in [0.2, 0.25) is 0 Å². The third-order valence-corrected chi connectivity index (χ3v) is 5.40. The number of nitrogens with zero attached hydrogens (tertiary/aromatic N) is 2. The number of carbonyl (C=O) groups excluding carboxylic acids is 2. The van der Waals surface area contributed by atoms with Crippen LogP contribution in [0, 0.1) is 0 Å². The maximum absolute atomic E-state index is 12.5. The molecule has 2 fully saturated rings. The Kier molecular flexibility index (Phi) is 7.28. The number of hydrogen-bond donors (Lipinski definition) is 1. The van der Waals surface area contributed by atoms with E-state index in [4.69, 9.17) is 9.47 Å². The van der Waals surface area contributed by atoms with Crippen LogP contribution < -0.4 is 4.74 Å². The summed E-state index contributed by atoms with van der Waals surface area (Å²) in [6, 6.07) is 7.21. The van der Waals surface area contributed by atoms with Crippen LogP contribution in [0.3, 0.4) is 0 Å². The number of aliphatic hydroxyl groups is 1. The van der Waals surface area contributed by atoms with Gasteiger partial charge in [0.1, 0.15) is 11.9 Å². The highest BCUT2D eigenvalue weighted by Gasteiger charge is 2.25. The molecule has 2 heterocycles.